The highest BCUT2D eigenvalue weighted by Gasteiger charge is 2.23. The number of rotatable bonds is 6. The van der Waals surface area contributed by atoms with Gasteiger partial charge in [0.05, 0.1) is 10.6 Å². The van der Waals surface area contributed by atoms with Crippen LogP contribution in [0.15, 0.2) is 72.8 Å². The average Bonchev–Trinajstić information content (AvgIpc) is 2.71. The van der Waals surface area contributed by atoms with Crippen LogP contribution in [0, 0.1) is 12.7 Å². The summed E-state index contributed by atoms with van der Waals surface area (Å²) in [6.07, 6.45) is 0.275. The molecule has 3 aromatic carbocycles. The molecule has 0 aliphatic carbocycles. The molecule has 1 unspecified atom stereocenters. The lowest BCUT2D eigenvalue weighted by atomic mass is 10.0. The van der Waals surface area contributed by atoms with Crippen molar-refractivity contribution in [2.45, 2.75) is 19.4 Å². The van der Waals surface area contributed by atoms with Crippen molar-refractivity contribution in [3.05, 3.63) is 100 Å². The number of nitrogens with one attached hydrogen (secondary N) is 2. The SMILES string of the molecule is Cc1ccc(F)cc1NC(=O)C(Cc1ccccc1)NC(=O)c1ccccc1Cl. The van der Waals surface area contributed by atoms with Gasteiger partial charge in [-0.1, -0.05) is 60.1 Å². The first-order chi connectivity index (χ1) is 13.9. The summed E-state index contributed by atoms with van der Waals surface area (Å²) in [6, 6.07) is 19.2. The molecule has 4 nitrogen and oxygen atoms in total. The van der Waals surface area contributed by atoms with E-state index in [4.69, 9.17) is 11.6 Å². The predicted molar refractivity (Wildman–Crippen MR) is 113 cm³/mol. The zero-order valence-corrected chi connectivity index (χ0v) is 16.5. The standard InChI is InChI=1S/C23H20ClFN2O2/c1-15-11-12-17(25)14-20(15)26-23(29)21(13-16-7-3-2-4-8-16)27-22(28)18-9-5-6-10-19(18)24/h2-12,14,21H,13H2,1H3,(H,26,29)(H,27,28). The molecular weight excluding hydrogens is 391 g/mol. The van der Waals surface area contributed by atoms with Gasteiger partial charge in [-0.3, -0.25) is 9.59 Å². The number of hydrogen-bond donors (Lipinski definition) is 2. The second kappa shape index (κ2) is 9.34. The largest absolute Gasteiger partial charge is 0.340 e. The van der Waals surface area contributed by atoms with Crippen molar-refractivity contribution >= 4 is 29.1 Å². The van der Waals surface area contributed by atoms with E-state index in [1.165, 1.54) is 12.1 Å². The van der Waals surface area contributed by atoms with E-state index in [9.17, 15) is 14.0 Å². The maximum absolute atomic E-state index is 13.6. The maximum Gasteiger partial charge on any atom is 0.253 e. The van der Waals surface area contributed by atoms with Crippen LogP contribution in [0.3, 0.4) is 0 Å². The number of anilines is 1. The fourth-order valence-corrected chi connectivity index (χ4v) is 3.11. The zero-order valence-electron chi connectivity index (χ0n) is 15.8. The van der Waals surface area contributed by atoms with Crippen LogP contribution in [-0.4, -0.2) is 17.9 Å². The molecule has 0 radical (unpaired) electrons. The van der Waals surface area contributed by atoms with Crippen LogP contribution in [-0.2, 0) is 11.2 Å². The number of benzene rings is 3. The molecule has 0 saturated heterocycles. The molecule has 0 aromatic heterocycles. The third-order valence-corrected chi connectivity index (χ3v) is 4.81. The summed E-state index contributed by atoms with van der Waals surface area (Å²) in [6.45, 7) is 1.77. The van der Waals surface area contributed by atoms with Crippen LogP contribution in [0.4, 0.5) is 10.1 Å². The molecule has 0 aliphatic rings. The zero-order chi connectivity index (χ0) is 20.8. The molecule has 1 atom stereocenters. The van der Waals surface area contributed by atoms with E-state index < -0.39 is 23.7 Å². The van der Waals surface area contributed by atoms with Gasteiger partial charge in [-0.2, -0.15) is 0 Å². The van der Waals surface area contributed by atoms with E-state index in [1.807, 2.05) is 30.3 Å². The first kappa shape index (κ1) is 20.6. The quantitative estimate of drug-likeness (QED) is 0.615. The van der Waals surface area contributed by atoms with Gasteiger partial charge in [-0.05, 0) is 42.3 Å². The molecule has 2 amide bonds. The summed E-state index contributed by atoms with van der Waals surface area (Å²) in [5, 5.41) is 5.76. The van der Waals surface area contributed by atoms with E-state index >= 15 is 0 Å². The molecule has 29 heavy (non-hydrogen) atoms. The monoisotopic (exact) mass is 410 g/mol. The van der Waals surface area contributed by atoms with Gasteiger partial charge in [0.15, 0.2) is 0 Å². The number of halogens is 2. The normalized spacial score (nSPS) is 11.6. The highest BCUT2D eigenvalue weighted by molar-refractivity contribution is 6.33. The molecule has 148 valence electrons. The third kappa shape index (κ3) is 5.42. The van der Waals surface area contributed by atoms with E-state index in [0.717, 1.165) is 11.1 Å². The minimum absolute atomic E-state index is 0.275. The Bertz CT molecular complexity index is 1020. The minimum Gasteiger partial charge on any atom is -0.340 e. The first-order valence-electron chi connectivity index (χ1n) is 9.10. The molecule has 0 saturated carbocycles. The Morgan fingerprint density at radius 3 is 2.41 bits per heavy atom. The van der Waals surface area contributed by atoms with Crippen molar-refractivity contribution < 1.29 is 14.0 Å². The van der Waals surface area contributed by atoms with Gasteiger partial charge in [0.25, 0.3) is 5.91 Å². The van der Waals surface area contributed by atoms with Crippen molar-refractivity contribution in [3.63, 3.8) is 0 Å². The second-order valence-electron chi connectivity index (χ2n) is 6.64. The topological polar surface area (TPSA) is 58.2 Å². The van der Waals surface area contributed by atoms with Gasteiger partial charge >= 0.3 is 0 Å². The molecule has 2 N–H and O–H groups in total. The fourth-order valence-electron chi connectivity index (χ4n) is 2.89. The Labute approximate surface area is 173 Å². The van der Waals surface area contributed by atoms with Gasteiger partial charge in [-0.25, -0.2) is 4.39 Å². The van der Waals surface area contributed by atoms with Gasteiger partial charge in [0.1, 0.15) is 11.9 Å². The molecule has 6 heteroatoms. The predicted octanol–water partition coefficient (Wildman–Crippen LogP) is 4.77. The van der Waals surface area contributed by atoms with E-state index in [-0.39, 0.29) is 12.0 Å². The second-order valence-corrected chi connectivity index (χ2v) is 7.05. The first-order valence-corrected chi connectivity index (χ1v) is 9.48. The Hall–Kier alpha value is -3.18. The number of carbonyl (C=O) groups is 2. The average molecular weight is 411 g/mol. The van der Waals surface area contributed by atoms with Crippen molar-refractivity contribution in [2.24, 2.45) is 0 Å². The molecule has 3 aromatic rings. The maximum atomic E-state index is 13.6. The Morgan fingerprint density at radius 2 is 1.69 bits per heavy atom. The lowest BCUT2D eigenvalue weighted by molar-refractivity contribution is -0.118. The molecular formula is C23H20ClFN2O2. The van der Waals surface area contributed by atoms with E-state index in [1.54, 1.807) is 37.3 Å². The van der Waals surface area contributed by atoms with Crippen LogP contribution in [0.1, 0.15) is 21.5 Å². The van der Waals surface area contributed by atoms with Crippen LogP contribution in [0.5, 0.6) is 0 Å². The summed E-state index contributed by atoms with van der Waals surface area (Å²) >= 11 is 6.11. The van der Waals surface area contributed by atoms with Crippen LogP contribution < -0.4 is 10.6 Å². The summed E-state index contributed by atoms with van der Waals surface area (Å²) < 4.78 is 13.6. The molecule has 0 fully saturated rings. The number of carbonyl (C=O) groups excluding carboxylic acids is 2. The van der Waals surface area contributed by atoms with Gasteiger partial charge < -0.3 is 10.6 Å². The van der Waals surface area contributed by atoms with Crippen LogP contribution in [0.25, 0.3) is 0 Å². The Kier molecular flexibility index (Phi) is 6.62. The summed E-state index contributed by atoms with van der Waals surface area (Å²) in [7, 11) is 0. The number of amides is 2. The smallest absolute Gasteiger partial charge is 0.253 e. The summed E-state index contributed by atoms with van der Waals surface area (Å²) in [5.74, 6) is -1.35. The van der Waals surface area contributed by atoms with Crippen LogP contribution in [0.2, 0.25) is 5.02 Å². The van der Waals surface area contributed by atoms with Crippen molar-refractivity contribution in [1.82, 2.24) is 5.32 Å². The lowest BCUT2D eigenvalue weighted by Crippen LogP contribution is -2.45. The van der Waals surface area contributed by atoms with Crippen molar-refractivity contribution in [3.8, 4) is 0 Å². The van der Waals surface area contributed by atoms with Gasteiger partial charge in [0, 0.05) is 12.1 Å². The molecule has 0 spiro atoms. The summed E-state index contributed by atoms with van der Waals surface area (Å²) in [5.41, 5.74) is 2.24. The van der Waals surface area contributed by atoms with Gasteiger partial charge in [-0.15, -0.1) is 0 Å². The fraction of sp³-hybridized carbons (Fsp3) is 0.130. The number of aryl methyl sites for hydroxylation is 1. The highest BCUT2D eigenvalue weighted by Crippen LogP contribution is 2.18. The Morgan fingerprint density at radius 1 is 1.00 bits per heavy atom. The van der Waals surface area contributed by atoms with Crippen molar-refractivity contribution in [2.75, 3.05) is 5.32 Å². The summed E-state index contributed by atoms with van der Waals surface area (Å²) in [4.78, 5) is 25.7. The number of hydrogen-bond acceptors (Lipinski definition) is 2. The van der Waals surface area contributed by atoms with Crippen molar-refractivity contribution in [1.29, 1.82) is 0 Å². The van der Waals surface area contributed by atoms with Crippen LogP contribution >= 0.6 is 11.6 Å². The minimum atomic E-state index is -0.871. The highest BCUT2D eigenvalue weighted by atomic mass is 35.5. The molecule has 0 bridgehead atoms. The van der Waals surface area contributed by atoms with E-state index in [0.29, 0.717) is 10.7 Å². The van der Waals surface area contributed by atoms with Gasteiger partial charge in [0.2, 0.25) is 5.91 Å². The molecule has 3 rings (SSSR count). The molecule has 0 heterocycles. The Balaban J connectivity index is 1.84. The van der Waals surface area contributed by atoms with E-state index in [2.05, 4.69) is 10.6 Å². The third-order valence-electron chi connectivity index (χ3n) is 4.48. The molecule has 0 aliphatic heterocycles. The lowest BCUT2D eigenvalue weighted by Gasteiger charge is -2.20.